The average molecular weight is 271 g/mol. The Kier molecular flexibility index (Phi) is 3.95. The first kappa shape index (κ1) is 13.5. The smallest absolute Gasteiger partial charge is 0.273 e. The number of amides is 1. The number of benzene rings is 2. The first-order valence-electron chi connectivity index (χ1n) is 5.94. The minimum absolute atomic E-state index is 0.0660. The molecule has 1 amide bonds. The van der Waals surface area contributed by atoms with Gasteiger partial charge in [0.25, 0.3) is 5.69 Å². The van der Waals surface area contributed by atoms with E-state index in [2.05, 4.69) is 5.32 Å². The number of nitrogen functional groups attached to an aromatic ring is 1. The van der Waals surface area contributed by atoms with Crippen LogP contribution in [0.2, 0.25) is 0 Å². The Morgan fingerprint density at radius 3 is 2.50 bits per heavy atom. The van der Waals surface area contributed by atoms with Gasteiger partial charge < -0.3 is 11.1 Å². The summed E-state index contributed by atoms with van der Waals surface area (Å²) in [4.78, 5) is 22.3. The number of nitrogens with one attached hydrogen (secondary N) is 1. The largest absolute Gasteiger partial charge is 0.397 e. The van der Waals surface area contributed by atoms with Crippen LogP contribution in [0.15, 0.2) is 48.5 Å². The van der Waals surface area contributed by atoms with Crippen molar-refractivity contribution in [2.75, 3.05) is 11.1 Å². The molecule has 0 saturated heterocycles. The third-order valence-corrected chi connectivity index (χ3v) is 2.77. The van der Waals surface area contributed by atoms with Gasteiger partial charge in [-0.3, -0.25) is 14.9 Å². The fourth-order valence-corrected chi connectivity index (χ4v) is 1.82. The second-order valence-electron chi connectivity index (χ2n) is 4.20. The van der Waals surface area contributed by atoms with E-state index in [1.165, 1.54) is 6.07 Å². The molecule has 0 aromatic heterocycles. The van der Waals surface area contributed by atoms with Gasteiger partial charge in [0.15, 0.2) is 0 Å². The van der Waals surface area contributed by atoms with Crippen molar-refractivity contribution in [3.63, 3.8) is 0 Å². The van der Waals surface area contributed by atoms with Crippen LogP contribution in [0, 0.1) is 10.1 Å². The molecule has 6 nitrogen and oxygen atoms in total. The van der Waals surface area contributed by atoms with E-state index in [9.17, 15) is 14.9 Å². The molecule has 0 aliphatic rings. The molecule has 0 unspecified atom stereocenters. The number of carbonyl (C=O) groups is 1. The highest BCUT2D eigenvalue weighted by molar-refractivity contribution is 5.95. The molecule has 0 bridgehead atoms. The predicted molar refractivity (Wildman–Crippen MR) is 76.3 cm³/mol. The Balaban J connectivity index is 2.13. The second kappa shape index (κ2) is 5.83. The molecule has 2 aromatic rings. The standard InChI is InChI=1S/C14H13N3O3/c15-11-6-2-3-7-12(11)16-14(18)9-10-5-1-4-8-13(10)17(19)20/h1-8H,9,15H2,(H,16,18). The van der Waals surface area contributed by atoms with Gasteiger partial charge in [-0.1, -0.05) is 30.3 Å². The Morgan fingerprint density at radius 2 is 1.80 bits per heavy atom. The van der Waals surface area contributed by atoms with Gasteiger partial charge in [0, 0.05) is 11.6 Å². The van der Waals surface area contributed by atoms with Crippen molar-refractivity contribution in [3.8, 4) is 0 Å². The number of anilines is 2. The summed E-state index contributed by atoms with van der Waals surface area (Å²) in [5.41, 5.74) is 6.96. The van der Waals surface area contributed by atoms with Crippen LogP contribution in [-0.2, 0) is 11.2 Å². The van der Waals surface area contributed by atoms with Crippen LogP contribution in [0.1, 0.15) is 5.56 Å². The molecule has 0 saturated carbocycles. The minimum atomic E-state index is -0.501. The second-order valence-corrected chi connectivity index (χ2v) is 4.20. The molecular weight excluding hydrogens is 258 g/mol. The number of hydrogen-bond acceptors (Lipinski definition) is 4. The van der Waals surface area contributed by atoms with E-state index >= 15 is 0 Å². The van der Waals surface area contributed by atoms with E-state index in [-0.39, 0.29) is 18.0 Å². The summed E-state index contributed by atoms with van der Waals surface area (Å²) in [5.74, 6) is -0.350. The van der Waals surface area contributed by atoms with E-state index in [0.29, 0.717) is 16.9 Å². The Bertz CT molecular complexity index is 656. The zero-order valence-corrected chi connectivity index (χ0v) is 10.6. The molecule has 0 radical (unpaired) electrons. The molecule has 0 atom stereocenters. The van der Waals surface area contributed by atoms with Gasteiger partial charge in [0.2, 0.25) is 5.91 Å². The lowest BCUT2D eigenvalue weighted by Crippen LogP contribution is -2.16. The Morgan fingerprint density at radius 1 is 1.15 bits per heavy atom. The summed E-state index contributed by atoms with van der Waals surface area (Å²) in [7, 11) is 0. The Labute approximate surface area is 115 Å². The summed E-state index contributed by atoms with van der Waals surface area (Å²) in [6.45, 7) is 0. The summed E-state index contributed by atoms with van der Waals surface area (Å²) in [6.07, 6.45) is -0.0779. The zero-order chi connectivity index (χ0) is 14.5. The monoisotopic (exact) mass is 271 g/mol. The molecule has 3 N–H and O–H groups in total. The van der Waals surface area contributed by atoms with E-state index in [0.717, 1.165) is 0 Å². The average Bonchev–Trinajstić information content (AvgIpc) is 2.41. The summed E-state index contributed by atoms with van der Waals surface area (Å²) >= 11 is 0. The summed E-state index contributed by atoms with van der Waals surface area (Å²) in [5, 5.41) is 13.5. The molecule has 102 valence electrons. The highest BCUT2D eigenvalue weighted by atomic mass is 16.6. The molecule has 0 aliphatic heterocycles. The van der Waals surface area contributed by atoms with E-state index in [1.54, 1.807) is 42.5 Å². The van der Waals surface area contributed by atoms with Crippen LogP contribution in [0.5, 0.6) is 0 Å². The van der Waals surface area contributed by atoms with Crippen molar-refractivity contribution in [3.05, 3.63) is 64.2 Å². The number of nitrogens with two attached hydrogens (primary N) is 1. The topological polar surface area (TPSA) is 98.3 Å². The maximum absolute atomic E-state index is 11.9. The van der Waals surface area contributed by atoms with Crippen LogP contribution in [0.25, 0.3) is 0 Å². The number of rotatable bonds is 4. The Hall–Kier alpha value is -2.89. The van der Waals surface area contributed by atoms with Crippen LogP contribution >= 0.6 is 0 Å². The molecule has 2 rings (SSSR count). The molecule has 20 heavy (non-hydrogen) atoms. The van der Waals surface area contributed by atoms with Gasteiger partial charge >= 0.3 is 0 Å². The molecular formula is C14H13N3O3. The van der Waals surface area contributed by atoms with Crippen LogP contribution in [0.3, 0.4) is 0 Å². The van der Waals surface area contributed by atoms with Crippen molar-refractivity contribution in [1.29, 1.82) is 0 Å². The van der Waals surface area contributed by atoms with Crippen molar-refractivity contribution >= 4 is 23.0 Å². The third-order valence-electron chi connectivity index (χ3n) is 2.77. The van der Waals surface area contributed by atoms with Crippen molar-refractivity contribution in [2.45, 2.75) is 6.42 Å². The van der Waals surface area contributed by atoms with Crippen molar-refractivity contribution in [1.82, 2.24) is 0 Å². The van der Waals surface area contributed by atoms with Crippen LogP contribution < -0.4 is 11.1 Å². The maximum atomic E-state index is 11.9. The van der Waals surface area contributed by atoms with E-state index < -0.39 is 4.92 Å². The zero-order valence-electron chi connectivity index (χ0n) is 10.6. The lowest BCUT2D eigenvalue weighted by Gasteiger charge is -2.08. The van der Waals surface area contributed by atoms with Gasteiger partial charge in [0.05, 0.1) is 22.7 Å². The lowest BCUT2D eigenvalue weighted by molar-refractivity contribution is -0.385. The van der Waals surface area contributed by atoms with Crippen molar-refractivity contribution < 1.29 is 9.72 Å². The molecule has 0 spiro atoms. The molecule has 0 heterocycles. The maximum Gasteiger partial charge on any atom is 0.273 e. The van der Waals surface area contributed by atoms with E-state index in [4.69, 9.17) is 5.73 Å². The lowest BCUT2D eigenvalue weighted by atomic mass is 10.1. The van der Waals surface area contributed by atoms with Crippen LogP contribution in [0.4, 0.5) is 17.1 Å². The number of nitro groups is 1. The quantitative estimate of drug-likeness (QED) is 0.506. The first-order valence-corrected chi connectivity index (χ1v) is 5.94. The number of carbonyl (C=O) groups excluding carboxylic acids is 1. The number of hydrogen-bond donors (Lipinski definition) is 2. The fourth-order valence-electron chi connectivity index (χ4n) is 1.82. The molecule has 6 heteroatoms. The van der Waals surface area contributed by atoms with Crippen LogP contribution in [-0.4, -0.2) is 10.8 Å². The molecule has 0 fully saturated rings. The minimum Gasteiger partial charge on any atom is -0.397 e. The van der Waals surface area contributed by atoms with Gasteiger partial charge in [-0.05, 0) is 12.1 Å². The van der Waals surface area contributed by atoms with Gasteiger partial charge in [-0.25, -0.2) is 0 Å². The highest BCUT2D eigenvalue weighted by Gasteiger charge is 2.15. The number of nitro benzene ring substituents is 1. The number of nitrogens with zero attached hydrogens (tertiary/aromatic N) is 1. The molecule has 0 aliphatic carbocycles. The fraction of sp³-hybridized carbons (Fsp3) is 0.0714. The third kappa shape index (κ3) is 3.11. The predicted octanol–water partition coefficient (Wildman–Crippen LogP) is 2.36. The molecule has 2 aromatic carbocycles. The summed E-state index contributed by atoms with van der Waals surface area (Å²) < 4.78 is 0. The first-order chi connectivity index (χ1) is 9.58. The van der Waals surface area contributed by atoms with E-state index in [1.807, 2.05) is 0 Å². The van der Waals surface area contributed by atoms with Gasteiger partial charge in [0.1, 0.15) is 0 Å². The summed E-state index contributed by atoms with van der Waals surface area (Å²) in [6, 6.07) is 13.0. The van der Waals surface area contributed by atoms with Crippen molar-refractivity contribution in [2.24, 2.45) is 0 Å². The van der Waals surface area contributed by atoms with Gasteiger partial charge in [-0.15, -0.1) is 0 Å². The highest BCUT2D eigenvalue weighted by Crippen LogP contribution is 2.20. The SMILES string of the molecule is Nc1ccccc1NC(=O)Cc1ccccc1[N+](=O)[O-]. The van der Waals surface area contributed by atoms with Gasteiger partial charge in [-0.2, -0.15) is 0 Å². The normalized spacial score (nSPS) is 10.0. The number of para-hydroxylation sites is 3.